The number of hydrogen-bond acceptors (Lipinski definition) is 21. The molecule has 696 valence electrons. The first kappa shape index (κ1) is 104. The van der Waals surface area contributed by atoms with Crippen LogP contribution in [0.25, 0.3) is 0 Å². The van der Waals surface area contributed by atoms with Gasteiger partial charge in [0.15, 0.2) is 11.9 Å². The maximum atomic E-state index is 14.5. The van der Waals surface area contributed by atoms with Gasteiger partial charge in [0.05, 0.1) is 55.6 Å². The van der Waals surface area contributed by atoms with E-state index in [-0.39, 0.29) is 94.6 Å². The lowest BCUT2D eigenvalue weighted by Crippen LogP contribution is -2.59. The summed E-state index contributed by atoms with van der Waals surface area (Å²) in [5.74, 6) is -17.6. The van der Waals surface area contributed by atoms with Gasteiger partial charge in [-0.2, -0.15) is 0 Å². The van der Waals surface area contributed by atoms with E-state index in [1.54, 1.807) is 30.3 Å². The first-order chi connectivity index (χ1) is 59.3. The maximum Gasteiger partial charge on any atom is 0.305 e. The Labute approximate surface area is 726 Å². The van der Waals surface area contributed by atoms with Crippen molar-refractivity contribution in [3.05, 3.63) is 35.9 Å². The summed E-state index contributed by atoms with van der Waals surface area (Å²) in [5.41, 5.74) is 37.3. The number of guanidine groups is 2. The molecule has 44 heteroatoms. The van der Waals surface area contributed by atoms with Gasteiger partial charge in [0.25, 0.3) is 0 Å². The number of hydrogen-bond donors (Lipinski definition) is 24. The van der Waals surface area contributed by atoms with E-state index in [4.69, 9.17) is 34.4 Å². The monoisotopic (exact) mass is 1760 g/mol. The van der Waals surface area contributed by atoms with Crippen molar-refractivity contribution in [3.63, 3.8) is 0 Å². The predicted octanol–water partition coefficient (Wildman–Crippen LogP) is -7.21. The summed E-state index contributed by atoms with van der Waals surface area (Å²) in [6.45, 7) is 10.3. The fraction of sp³-hybridized carbons (Fsp3) is 0.679. The van der Waals surface area contributed by atoms with E-state index in [1.165, 1.54) is 20.8 Å². The molecular formula is C81H134N25O19+. The number of aliphatic imine (C=N–C) groups is 2. The highest BCUT2D eigenvalue weighted by atomic mass is 16.4. The Morgan fingerprint density at radius 3 is 1.44 bits per heavy atom. The zero-order valence-electron chi connectivity index (χ0n) is 72.4. The molecule has 4 aliphatic rings. The number of nitrogens with one attached hydrogen (secondary N) is 16. The molecule has 0 spiro atoms. The van der Waals surface area contributed by atoms with Gasteiger partial charge in [0.1, 0.15) is 54.4 Å². The molecule has 0 radical (unpaired) electrons. The molecule has 4 fully saturated rings. The smallest absolute Gasteiger partial charge is 0.305 e. The number of carboxylic acid groups (broad SMARTS) is 1. The van der Waals surface area contributed by atoms with Crippen LogP contribution in [0.15, 0.2) is 40.3 Å². The molecule has 44 nitrogen and oxygen atoms in total. The topological polar surface area (TPSA) is 728 Å². The third-order valence-electron chi connectivity index (χ3n) is 22.2. The molecule has 1 aliphatic heterocycles. The number of carboxylic acids is 1. The average molecular weight is 1760 g/mol. The summed E-state index contributed by atoms with van der Waals surface area (Å²) < 4.78 is 0. The van der Waals surface area contributed by atoms with Gasteiger partial charge >= 0.3 is 5.97 Å². The van der Waals surface area contributed by atoms with Crippen LogP contribution in [0.4, 0.5) is 0 Å². The van der Waals surface area contributed by atoms with Crippen LogP contribution in [-0.2, 0) is 92.7 Å². The molecular weight excluding hydrogens is 1630 g/mol. The molecule has 3 aliphatic carbocycles. The summed E-state index contributed by atoms with van der Waals surface area (Å²) in [5, 5.41) is 53.2. The van der Waals surface area contributed by atoms with Crippen molar-refractivity contribution in [1.29, 1.82) is 0 Å². The molecule has 5 rings (SSSR count). The van der Waals surface area contributed by atoms with Crippen LogP contribution in [-0.4, -0.2) is 247 Å². The lowest BCUT2D eigenvalue weighted by Gasteiger charge is -2.29. The van der Waals surface area contributed by atoms with Crippen molar-refractivity contribution in [1.82, 2.24) is 85.1 Å². The van der Waals surface area contributed by atoms with Gasteiger partial charge < -0.3 is 130 Å². The highest BCUT2D eigenvalue weighted by molar-refractivity contribution is 6.00. The van der Waals surface area contributed by atoms with Gasteiger partial charge in [-0.15, -0.1) is 0 Å². The predicted molar refractivity (Wildman–Crippen MR) is 456 cm³/mol. The van der Waals surface area contributed by atoms with E-state index >= 15 is 0 Å². The van der Waals surface area contributed by atoms with E-state index in [0.29, 0.717) is 109 Å². The summed E-state index contributed by atoms with van der Waals surface area (Å²) in [7, 11) is 0. The second-order valence-corrected chi connectivity index (χ2v) is 33.0. The van der Waals surface area contributed by atoms with Gasteiger partial charge in [-0.3, -0.25) is 96.3 Å². The standard InChI is InChI=1S/C81H133N25O19/c1-7-8-21-47(36-64(109)92-41-65(110)97-61(38-66(111)112)76(122)94-44(5)69(115)104-59(35-46-19-10-9-11-20-46)78(124)106-60(37-63(83)108)79(125)101-55(67(84)113)29-17-32-90-80(85)86)96-74(120)56(25-12-13-31-82)102-71(117)49-23-15-28-54(49)100-77(123)58(34-42(2)3)105-72(118)50-24-16-27-53(50)99-75(121)57(30-18-33-91-81(87)88)103-70(116)48-22-14-26-52(48)98-68(114)43(4)93-73(119)51-39-89-40-62(51)95-45(6)107/h9-11,19-20,42-44,47-62,89H,7-8,12-18,21-41,82H2,1-6H3,(H2,83,108)(H2,84,113)(H,92,109)(H,93,119)(H,94,122)(H,95,107)(H,96,120)(H,97,110)(H,98,114)(H,99,121)(H,100,123)(H,101,125)(H,102,117)(H,103,116)(H,104,115)(H,105,118)(H,106,124)(H,111,112)(H4,85,86,90)(H4,87,88,91)/p+1/t43-,44-,47-,48+,49+,50+,51+,52+,53+,54+,55-,56-,57-,58-,59-,60-,61-,62+/m0/s1. The Bertz CT molecular complexity index is 3940. The van der Waals surface area contributed by atoms with Gasteiger partial charge in [-0.1, -0.05) is 83.2 Å². The molecule has 1 aromatic carbocycles. The first-order valence-electron chi connectivity index (χ1n) is 43.2. The van der Waals surface area contributed by atoms with Crippen LogP contribution < -0.4 is 125 Å². The van der Waals surface area contributed by atoms with Crippen LogP contribution in [0.5, 0.6) is 0 Å². The number of quaternary nitrogens is 1. The molecule has 32 N–H and O–H groups in total. The molecule has 17 amide bonds. The molecule has 125 heavy (non-hydrogen) atoms. The molecule has 0 unspecified atom stereocenters. The number of carbonyl (C=O) groups excluding carboxylic acids is 17. The van der Waals surface area contributed by atoms with Gasteiger partial charge in [0, 0.05) is 70.1 Å². The molecule has 1 aromatic rings. The molecule has 1 saturated heterocycles. The minimum Gasteiger partial charge on any atom is -0.481 e. The van der Waals surface area contributed by atoms with Crippen LogP contribution >= 0.6 is 0 Å². The van der Waals surface area contributed by atoms with Crippen molar-refractivity contribution in [3.8, 4) is 0 Å². The van der Waals surface area contributed by atoms with Gasteiger partial charge in [-0.25, -0.2) is 0 Å². The van der Waals surface area contributed by atoms with Gasteiger partial charge in [0.2, 0.25) is 100 Å². The van der Waals surface area contributed by atoms with E-state index in [9.17, 15) is 91.4 Å². The largest absolute Gasteiger partial charge is 0.481 e. The Balaban J connectivity index is 1.18. The Kier molecular flexibility index (Phi) is 44.2. The Morgan fingerprint density at radius 1 is 0.448 bits per heavy atom. The second kappa shape index (κ2) is 53.3. The summed E-state index contributed by atoms with van der Waals surface area (Å²) in [4.78, 5) is 252. The lowest BCUT2D eigenvalue weighted by atomic mass is 9.97. The highest BCUT2D eigenvalue weighted by Gasteiger charge is 2.44. The normalized spacial score (nSPS) is 20.6. The number of rotatable bonds is 54. The fourth-order valence-electron chi connectivity index (χ4n) is 15.6. The van der Waals surface area contributed by atoms with Gasteiger partial charge in [-0.05, 0) is 122 Å². The molecule has 1 heterocycles. The summed E-state index contributed by atoms with van der Waals surface area (Å²) in [6.07, 6.45) is 4.86. The second-order valence-electron chi connectivity index (χ2n) is 33.0. The SMILES string of the molecule is CCCC[C@@H](CC(=O)NCC(=O)N[C@@H](CC(=O)O)C(=O)N[C@@H](C)C(=O)N[C@@H](Cc1ccccc1)C(=O)N[C@@H](CC(N)=O)C(=O)N[C@@H](CCCN=C(N)N)C(N)=O)NC(=O)[C@H](CCCC[NH3+])NC(=O)[C@@H]1CCC[C@H]1NC(=O)[C@H](CC(C)C)NC(=O)[C@@H]1CCC[C@H]1NC(=O)[C@H](CCCN=C(N)N)NC(=O)[C@@H]1CCC[C@H]1NC(=O)[C@H](C)NC(=O)[C@@H]1CNC[C@H]1NC(C)=O. The number of nitrogens with zero attached hydrogens (tertiary/aromatic N) is 2. The number of amides is 17. The summed E-state index contributed by atoms with van der Waals surface area (Å²) >= 11 is 0. The van der Waals surface area contributed by atoms with Crippen molar-refractivity contribution >= 4 is 118 Å². The van der Waals surface area contributed by atoms with E-state index < -0.39 is 228 Å². The zero-order valence-corrected chi connectivity index (χ0v) is 72.4. The molecule has 0 aromatic heterocycles. The van der Waals surface area contributed by atoms with Crippen LogP contribution in [0.2, 0.25) is 0 Å². The number of nitrogens with two attached hydrogens (primary N) is 6. The third-order valence-corrected chi connectivity index (χ3v) is 22.2. The minimum absolute atomic E-state index is 0.0445. The first-order valence-corrected chi connectivity index (χ1v) is 43.2. The number of unbranched alkanes of at least 4 members (excludes halogenated alkanes) is 2. The number of carbonyl (C=O) groups is 18. The summed E-state index contributed by atoms with van der Waals surface area (Å²) in [6, 6.07) is -7.44. The van der Waals surface area contributed by atoms with Crippen LogP contribution in [0, 0.1) is 29.6 Å². The minimum atomic E-state index is -1.84. The average Bonchev–Trinajstić information content (AvgIpc) is 1.71. The number of aliphatic carboxylic acids is 1. The maximum absolute atomic E-state index is 14.5. The number of primary amides is 2. The fourth-order valence-corrected chi connectivity index (χ4v) is 15.6. The van der Waals surface area contributed by atoms with Crippen molar-refractivity contribution in [2.45, 2.75) is 280 Å². The molecule has 18 atom stereocenters. The quantitative estimate of drug-likeness (QED) is 0.0164. The van der Waals surface area contributed by atoms with Crippen molar-refractivity contribution < 1.29 is 97.1 Å². The molecule has 0 bridgehead atoms. The van der Waals surface area contributed by atoms with Crippen LogP contribution in [0.1, 0.15) is 195 Å². The zero-order chi connectivity index (χ0) is 92.6. The van der Waals surface area contributed by atoms with E-state index in [2.05, 4.69) is 101 Å². The van der Waals surface area contributed by atoms with Crippen molar-refractivity contribution in [2.75, 3.05) is 39.3 Å². The lowest BCUT2D eigenvalue weighted by molar-refractivity contribution is -0.368. The Hall–Kier alpha value is -11.9. The third kappa shape index (κ3) is 36.8. The van der Waals surface area contributed by atoms with Crippen molar-refractivity contribution in [2.24, 2.45) is 74.0 Å². The molecule has 3 saturated carbocycles. The Morgan fingerprint density at radius 2 is 0.920 bits per heavy atom. The number of benzene rings is 1. The highest BCUT2D eigenvalue weighted by Crippen LogP contribution is 2.30. The van der Waals surface area contributed by atoms with Crippen LogP contribution in [0.3, 0.4) is 0 Å². The van der Waals surface area contributed by atoms with E-state index in [0.717, 1.165) is 0 Å². The van der Waals surface area contributed by atoms with E-state index in [1.807, 2.05) is 20.8 Å².